The number of rotatable bonds is 22. The van der Waals surface area contributed by atoms with Crippen LogP contribution in [0.3, 0.4) is 0 Å². The number of fused-ring (bicyclic) bond motifs is 5. The van der Waals surface area contributed by atoms with E-state index in [1.807, 2.05) is 108 Å². The highest BCUT2D eigenvalue weighted by Gasteiger charge is 2.34. The van der Waals surface area contributed by atoms with Crippen molar-refractivity contribution >= 4 is 120 Å². The number of H-pyrrole nitrogens is 2. The minimum Gasteiger partial charge on any atom is -0.444 e. The maximum absolute atomic E-state index is 12.9. The van der Waals surface area contributed by atoms with E-state index in [0.717, 1.165) is 151 Å². The number of ketones is 1. The Morgan fingerprint density at radius 3 is 1.17 bits per heavy atom. The van der Waals surface area contributed by atoms with Gasteiger partial charge in [-0.3, -0.25) is 19.8 Å². The lowest BCUT2D eigenvalue weighted by molar-refractivity contribution is -0.135. The summed E-state index contributed by atoms with van der Waals surface area (Å²) in [4.78, 5) is 67.8. The molecule has 744 valence electrons. The Labute approximate surface area is 834 Å². The molecule has 0 bridgehead atoms. The van der Waals surface area contributed by atoms with Crippen molar-refractivity contribution in [2.45, 2.75) is 302 Å². The monoisotopic (exact) mass is 2080 g/mol. The molecule has 139 heavy (non-hydrogen) atoms. The van der Waals surface area contributed by atoms with Gasteiger partial charge in [0.15, 0.2) is 41.1 Å². The lowest BCUT2D eigenvalue weighted by atomic mass is 9.82. The van der Waals surface area contributed by atoms with Crippen LogP contribution in [0.5, 0.6) is 5.75 Å². The van der Waals surface area contributed by atoms with Crippen LogP contribution in [0.25, 0.3) is 0 Å². The number of amides is 2. The first-order valence-corrected chi connectivity index (χ1v) is 56.0. The minimum atomic E-state index is -3.21. The van der Waals surface area contributed by atoms with Crippen LogP contribution in [-0.2, 0) is 113 Å². The normalized spacial score (nSPS) is 20.8. The molecule has 0 aliphatic heterocycles. The number of carbonyl (C=O) groups is 4. The predicted molar refractivity (Wildman–Crippen MR) is 550 cm³/mol. The van der Waals surface area contributed by atoms with Gasteiger partial charge in [-0.25, -0.2) is 44.8 Å². The Bertz CT molecular complexity index is 6280. The third-order valence-corrected chi connectivity index (χ3v) is 31.2. The first kappa shape index (κ1) is 104. The molecule has 34 heteroatoms. The van der Waals surface area contributed by atoms with Crippen molar-refractivity contribution in [2.24, 2.45) is 29.2 Å². The summed E-state index contributed by atoms with van der Waals surface area (Å²) in [7, 11) is -9.50. The molecule has 4 heterocycles. The van der Waals surface area contributed by atoms with Gasteiger partial charge in [-0.1, -0.05) is 106 Å². The number of benzene rings is 6. The van der Waals surface area contributed by atoms with Crippen LogP contribution in [0.15, 0.2) is 182 Å². The maximum Gasteiger partial charge on any atom is 0.407 e. The Morgan fingerprint density at radius 2 is 0.748 bits per heavy atom. The topological polar surface area (TPSA) is 432 Å². The van der Waals surface area contributed by atoms with E-state index in [1.165, 1.54) is 115 Å². The largest absolute Gasteiger partial charge is 0.444 e. The summed E-state index contributed by atoms with van der Waals surface area (Å²) in [6, 6.07) is 46.8. The standard InChI is InChI=1S/C31H40N6O3S.C26H32N6O2.C15H21NO4S.C14H18BrNO2.C10H13NO2S.C9H10BrN/c1-41(39,40)27-11-8-23-14-21(15-24(23)18-27)17-26(38)16-20-6-9-25(10-7-20)33-31-32-13-12-29(35-31)34-30-19-28(36-37-30)22-4-2-3-5-22;33-25(34-21-8-2-1-3-9-21)16-18-10-12-20(13-11-18)28-26-27-15-14-23(30-26)29-24-17-22(31-32-24)19-6-4-5-7-19;1-15(2,3)20-14(17)16-12-7-10-5-6-13(21(4,18)19)9-11(10)8-12;1-14(2,3)18-13(17)16-12-7-9-4-5-11(15)6-10(9)8-12;1-14(12,13)10-3-2-7-4-9(11)5-8(7)6-10;10-8-2-1-6-4-9(11)5-7(6)3-8/h8,11-13,18-22,25H,2-7,9-10,14-17H2,1H3,(H3,32,33,34,35,36,37);1-3,8-9,14-15,17-20H,4-7,10-13,16H2,(H3,27,28,29,30,31,32);5-6,9,12H,7-8H2,1-4H3,(H,16,17);4-6,12H,7-8H2,1-3H3,(H,16,17);2-3,6,9H,4-5,11H2,1H3;1-3,9H,4-5,11H2. The molecule has 0 spiro atoms. The molecule has 19 rings (SSSR count). The van der Waals surface area contributed by atoms with Gasteiger partial charge in [0.2, 0.25) is 11.9 Å². The van der Waals surface area contributed by atoms with Crippen LogP contribution < -0.4 is 48.1 Å². The van der Waals surface area contributed by atoms with Crippen LogP contribution in [0.4, 0.5) is 44.8 Å². The molecule has 9 aliphatic rings. The van der Waals surface area contributed by atoms with E-state index in [2.05, 4.69) is 147 Å². The summed E-state index contributed by atoms with van der Waals surface area (Å²) in [6.45, 7) is 11.0. The number of alkyl carbamates (subject to hydrolysis) is 2. The number of hydrogen-bond acceptors (Lipinski definition) is 25. The number of para-hydroxylation sites is 1. The van der Waals surface area contributed by atoms with Gasteiger partial charge in [0, 0.05) is 131 Å². The smallest absolute Gasteiger partial charge is 0.407 e. The second-order valence-corrected chi connectivity index (χ2v) is 48.7. The number of nitrogens with two attached hydrogens (primary N) is 2. The molecule has 12 N–H and O–H groups in total. The van der Waals surface area contributed by atoms with Gasteiger partial charge in [-0.05, 0) is 341 Å². The number of carbonyl (C=O) groups excluding carboxylic acids is 4. The van der Waals surface area contributed by atoms with Gasteiger partial charge < -0.3 is 57.6 Å². The van der Waals surface area contributed by atoms with Gasteiger partial charge in [-0.2, -0.15) is 20.2 Å². The zero-order chi connectivity index (χ0) is 98.9. The highest BCUT2D eigenvalue weighted by molar-refractivity contribution is 9.10. The quantitative estimate of drug-likeness (QED) is 0.0222. The van der Waals surface area contributed by atoms with Crippen LogP contribution in [0.1, 0.15) is 242 Å². The third kappa shape index (κ3) is 32.0. The van der Waals surface area contributed by atoms with Crippen molar-refractivity contribution in [3.63, 3.8) is 0 Å². The van der Waals surface area contributed by atoms with Crippen LogP contribution in [-0.4, -0.2) is 156 Å². The lowest BCUT2D eigenvalue weighted by Gasteiger charge is -2.29. The number of sulfone groups is 3. The Balaban J connectivity index is 0.000000141. The van der Waals surface area contributed by atoms with E-state index in [9.17, 15) is 44.4 Å². The molecule has 10 aromatic rings. The third-order valence-electron chi connectivity index (χ3n) is 26.8. The van der Waals surface area contributed by atoms with Crippen LogP contribution in [0.2, 0.25) is 0 Å². The second-order valence-electron chi connectivity index (χ2n) is 40.9. The van der Waals surface area contributed by atoms with Crippen molar-refractivity contribution in [2.75, 3.05) is 40.0 Å². The second kappa shape index (κ2) is 46.9. The summed E-state index contributed by atoms with van der Waals surface area (Å²) in [5, 5.41) is 34.5. The summed E-state index contributed by atoms with van der Waals surface area (Å²) in [5.41, 5.74) is 25.0. The zero-order valence-corrected chi connectivity index (χ0v) is 86.6. The number of Topliss-reactive ketones (excluding diaryl/α,β-unsaturated/α-hetero) is 1. The van der Waals surface area contributed by atoms with Crippen molar-refractivity contribution in [1.82, 2.24) is 51.0 Å². The van der Waals surface area contributed by atoms with E-state index >= 15 is 0 Å². The van der Waals surface area contributed by atoms with Crippen LogP contribution >= 0.6 is 31.9 Å². The minimum absolute atomic E-state index is 0.0512. The SMILES string of the molecule is CC(C)(C)OC(=O)NC1Cc2ccc(Br)cc2C1.CC(C)(C)OC(=O)NC1Cc2ccc(S(C)(=O)=O)cc2C1.CS(=O)(=O)c1ccc2c(c1)CC(CC(=O)CC1CCC(Nc3nccc(Nc4cc(C5CCCC5)[nH]n4)n3)CC1)C2.CS(=O)(=O)c1ccc2c(c1)CC(N)C2.NC1Cc2ccc(Br)cc2C1.O=C(CC1CCC(Nc2nccc(Nc3cc(C4CCCC4)[nH]n3)n2)CC1)Oc1ccccc1. The highest BCUT2D eigenvalue weighted by atomic mass is 79.9. The van der Waals surface area contributed by atoms with Crippen molar-refractivity contribution in [3.8, 4) is 5.75 Å². The molecule has 9 aliphatic carbocycles. The fraction of sp³-hybridized carbons (Fsp3) is 0.486. The number of hydrogen-bond donors (Lipinski definition) is 10. The fourth-order valence-corrected chi connectivity index (χ4v) is 22.9. The molecule has 6 aromatic carbocycles. The number of halogens is 2. The Morgan fingerprint density at radius 1 is 0.396 bits per heavy atom. The van der Waals surface area contributed by atoms with E-state index < -0.39 is 46.8 Å². The molecular formula is C105H134Br2N16O13S3. The molecule has 5 unspecified atom stereocenters. The maximum atomic E-state index is 12.9. The molecule has 0 radical (unpaired) electrons. The number of anilines is 6. The molecule has 29 nitrogen and oxygen atoms in total. The molecule has 4 fully saturated rings. The first-order chi connectivity index (χ1) is 66.1. The summed E-state index contributed by atoms with van der Waals surface area (Å²) in [5.74, 6) is 7.26. The van der Waals surface area contributed by atoms with E-state index in [0.29, 0.717) is 118 Å². The average molecular weight is 2080 g/mol. The number of nitrogens with one attached hydrogen (secondary N) is 8. The average Bonchev–Trinajstić information content (AvgIpc) is 1.68. The number of esters is 1. The summed E-state index contributed by atoms with van der Waals surface area (Å²) < 4.78 is 87.6. The van der Waals surface area contributed by atoms with Gasteiger partial charge >= 0.3 is 18.2 Å². The summed E-state index contributed by atoms with van der Waals surface area (Å²) in [6.07, 6.45) is 34.6. The molecular weight excluding hydrogens is 1950 g/mol. The van der Waals surface area contributed by atoms with E-state index in [1.54, 1.807) is 48.8 Å². The van der Waals surface area contributed by atoms with Crippen molar-refractivity contribution in [1.29, 1.82) is 0 Å². The Hall–Kier alpha value is -10.5. The van der Waals surface area contributed by atoms with E-state index in [4.69, 9.17) is 25.7 Å². The van der Waals surface area contributed by atoms with Crippen molar-refractivity contribution in [3.05, 3.63) is 234 Å². The van der Waals surface area contributed by atoms with Gasteiger partial charge in [0.05, 0.1) is 14.7 Å². The molecule has 0 saturated heterocycles. The fourth-order valence-electron chi connectivity index (χ4n) is 20.1. The van der Waals surface area contributed by atoms with Gasteiger partial charge in [-0.15, -0.1) is 0 Å². The predicted octanol–water partition coefficient (Wildman–Crippen LogP) is 19.2. The van der Waals surface area contributed by atoms with Gasteiger partial charge in [0.1, 0.15) is 34.4 Å². The lowest BCUT2D eigenvalue weighted by Crippen LogP contribution is -2.39. The number of aromatic nitrogens is 8. The number of nitrogens with zero attached hydrogens (tertiary/aromatic N) is 6. The highest BCUT2D eigenvalue weighted by Crippen LogP contribution is 2.40. The van der Waals surface area contributed by atoms with Crippen LogP contribution in [0, 0.1) is 17.8 Å². The zero-order valence-electron chi connectivity index (χ0n) is 81.0. The van der Waals surface area contributed by atoms with Gasteiger partial charge in [0.25, 0.3) is 0 Å². The van der Waals surface area contributed by atoms with Crippen molar-refractivity contribution < 1.29 is 58.6 Å². The number of aromatic amines is 2. The number of ether oxygens (including phenoxy) is 3. The molecule has 4 saturated carbocycles. The summed E-state index contributed by atoms with van der Waals surface area (Å²) >= 11 is 6.91. The Kier molecular flexibility index (Phi) is 35.2. The molecule has 2 amide bonds. The first-order valence-electron chi connectivity index (χ1n) is 48.7. The molecule has 5 atom stereocenters. The molecule has 4 aromatic heterocycles. The van der Waals surface area contributed by atoms with E-state index in [-0.39, 0.29) is 36.1 Å².